The summed E-state index contributed by atoms with van der Waals surface area (Å²) in [6, 6.07) is 9.15. The molecule has 1 atom stereocenters. The van der Waals surface area contributed by atoms with Gasteiger partial charge in [0.2, 0.25) is 17.8 Å². The summed E-state index contributed by atoms with van der Waals surface area (Å²) in [4.78, 5) is 80.3. The first-order valence-electron chi connectivity index (χ1n) is 22.8. The molecule has 0 radical (unpaired) electrons. The summed E-state index contributed by atoms with van der Waals surface area (Å²) in [6.07, 6.45) is 6.29. The van der Waals surface area contributed by atoms with Crippen molar-refractivity contribution in [1.29, 1.82) is 0 Å². The van der Waals surface area contributed by atoms with Crippen molar-refractivity contribution in [2.75, 3.05) is 74.6 Å². The summed E-state index contributed by atoms with van der Waals surface area (Å²) in [7, 11) is 1.50. The summed E-state index contributed by atoms with van der Waals surface area (Å²) < 4.78 is 38.9. The average molecular weight is 929 g/mol. The van der Waals surface area contributed by atoms with E-state index in [4.69, 9.17) is 21.3 Å². The highest BCUT2D eigenvalue weighted by Gasteiger charge is 2.45. The topological polar surface area (TPSA) is 174 Å². The van der Waals surface area contributed by atoms with Crippen LogP contribution in [0.2, 0.25) is 5.02 Å². The van der Waals surface area contributed by atoms with E-state index in [1.54, 1.807) is 22.9 Å². The van der Waals surface area contributed by atoms with Crippen molar-refractivity contribution in [2.24, 2.45) is 5.41 Å². The maximum Gasteiger partial charge on any atom is 0.293 e. The molecule has 1 unspecified atom stereocenters. The number of hydrogen-bond donors (Lipinski definition) is 3. The van der Waals surface area contributed by atoms with Crippen molar-refractivity contribution in [3.63, 3.8) is 0 Å². The number of rotatable bonds is 11. The number of hydrogen-bond acceptors (Lipinski definition) is 12. The Labute approximate surface area is 386 Å². The second-order valence-corrected chi connectivity index (χ2v) is 19.1. The summed E-state index contributed by atoms with van der Waals surface area (Å²) in [6.45, 7) is 7.72. The zero-order valence-corrected chi connectivity index (χ0v) is 38.2. The lowest BCUT2D eigenvalue weighted by Gasteiger charge is -2.48. The van der Waals surface area contributed by atoms with E-state index in [2.05, 4.69) is 30.7 Å². The van der Waals surface area contributed by atoms with E-state index < -0.39 is 29.3 Å². The lowest BCUT2D eigenvalue weighted by Crippen LogP contribution is -2.53. The van der Waals surface area contributed by atoms with Crippen LogP contribution in [0.25, 0.3) is 10.9 Å². The number of benzene rings is 2. The van der Waals surface area contributed by atoms with Gasteiger partial charge in [-0.25, -0.2) is 13.8 Å². The zero-order valence-electron chi connectivity index (χ0n) is 37.4. The first-order valence-corrected chi connectivity index (χ1v) is 23.2. The number of anilines is 4. The van der Waals surface area contributed by atoms with Crippen LogP contribution in [0, 0.1) is 11.2 Å². The Kier molecular flexibility index (Phi) is 12.4. The molecule has 7 heterocycles. The first-order chi connectivity index (χ1) is 31.6. The third-order valence-corrected chi connectivity index (χ3v) is 14.6. The highest BCUT2D eigenvalue weighted by molar-refractivity contribution is 6.33. The van der Waals surface area contributed by atoms with Crippen LogP contribution in [-0.4, -0.2) is 119 Å². The van der Waals surface area contributed by atoms with E-state index in [1.807, 2.05) is 36.9 Å². The maximum absolute atomic E-state index is 16.6. The molecule has 16 nitrogen and oxygen atoms in total. The number of imide groups is 1. The molecule has 0 aliphatic carbocycles. The Bertz CT molecular complexity index is 2640. The molecule has 2 aromatic carbocycles. The fraction of sp³-hybridized carbons (Fsp3) is 0.511. The molecule has 9 rings (SSSR count). The highest BCUT2D eigenvalue weighted by Crippen LogP contribution is 2.44. The standard InChI is InChI=1S/C47H55ClF2N10O6/c1-28(2)60-34-6-4-30(22-29(34)23-37(43(60)64)66-26-39(62)51-3)53-41-32(48)24-52-45(55-41)58-18-12-46(13-19-58)10-16-56(17-11-46)27-47(50)14-20-57(21-15-47)35-7-5-33(49)31-25-59(44(65)40(31)35)36-8-9-38(61)54-42(36)63/h4-7,22-24,28,36H,8-21,25-27H2,1-3H3,(H,51,62)(H,52,53,55)(H,54,61,63). The number of pyridine rings is 1. The van der Waals surface area contributed by atoms with Gasteiger partial charge in [0.15, 0.2) is 18.2 Å². The van der Waals surface area contributed by atoms with E-state index in [1.165, 1.54) is 18.0 Å². The number of aromatic nitrogens is 3. The van der Waals surface area contributed by atoms with Gasteiger partial charge >= 0.3 is 0 Å². The molecule has 0 bridgehead atoms. The number of nitrogens with one attached hydrogen (secondary N) is 3. The van der Waals surface area contributed by atoms with Gasteiger partial charge < -0.3 is 39.5 Å². The number of halogens is 3. The first kappa shape index (κ1) is 45.3. The molecule has 5 aliphatic heterocycles. The van der Waals surface area contributed by atoms with Crippen molar-refractivity contribution >= 4 is 69.3 Å². The van der Waals surface area contributed by atoms with Gasteiger partial charge in [0.1, 0.15) is 22.6 Å². The fourth-order valence-corrected chi connectivity index (χ4v) is 10.6. The maximum atomic E-state index is 16.6. The second kappa shape index (κ2) is 18.1. The number of carbonyl (C=O) groups excluding carboxylic acids is 4. The number of carbonyl (C=O) groups is 4. The molecular weight excluding hydrogens is 874 g/mol. The predicted molar refractivity (Wildman–Crippen MR) is 246 cm³/mol. The van der Waals surface area contributed by atoms with E-state index in [0.717, 1.165) is 62.8 Å². The average Bonchev–Trinajstić information content (AvgIpc) is 3.65. The zero-order chi connectivity index (χ0) is 46.5. The predicted octanol–water partition coefficient (Wildman–Crippen LogP) is 5.49. The number of nitrogens with zero attached hydrogens (tertiary/aromatic N) is 7. The van der Waals surface area contributed by atoms with Gasteiger partial charge in [-0.15, -0.1) is 0 Å². The summed E-state index contributed by atoms with van der Waals surface area (Å²) >= 11 is 6.62. The molecule has 2 aromatic heterocycles. The summed E-state index contributed by atoms with van der Waals surface area (Å²) in [5, 5.41) is 9.20. The molecular formula is C47H55ClF2N10O6. The van der Waals surface area contributed by atoms with Crippen LogP contribution in [0.3, 0.4) is 0 Å². The molecule has 4 amide bonds. The van der Waals surface area contributed by atoms with E-state index in [9.17, 15) is 24.0 Å². The largest absolute Gasteiger partial charge is 0.478 e. The quantitative estimate of drug-likeness (QED) is 0.162. The van der Waals surface area contributed by atoms with Gasteiger partial charge in [-0.1, -0.05) is 11.6 Å². The van der Waals surface area contributed by atoms with Gasteiger partial charge in [0.25, 0.3) is 17.4 Å². The normalized spacial score (nSPS) is 20.8. The Hall–Kier alpha value is -5.88. The lowest BCUT2D eigenvalue weighted by molar-refractivity contribution is -0.137. The minimum atomic E-state index is -1.40. The third-order valence-electron chi connectivity index (χ3n) is 14.3. The van der Waals surface area contributed by atoms with Crippen molar-refractivity contribution < 1.29 is 32.7 Å². The SMILES string of the molecule is CNC(=O)COc1cc2cc(Nc3nc(N4CCC5(CCN(CC6(F)CCN(c7ccc(F)c8c7C(=O)N(C7CCC(=O)NC7=O)C8)CC6)CC5)CC4)ncc3Cl)ccc2n(C(C)C)c1=O. The molecule has 5 aliphatic rings. The minimum absolute atomic E-state index is 0.0513. The summed E-state index contributed by atoms with van der Waals surface area (Å²) in [5.74, 6) is -1.15. The Morgan fingerprint density at radius 2 is 1.68 bits per heavy atom. The minimum Gasteiger partial charge on any atom is -0.478 e. The van der Waals surface area contributed by atoms with Crippen molar-refractivity contribution in [3.8, 4) is 5.75 Å². The van der Waals surface area contributed by atoms with Crippen LogP contribution >= 0.6 is 11.6 Å². The van der Waals surface area contributed by atoms with Gasteiger partial charge in [-0.05, 0) is 101 Å². The highest BCUT2D eigenvalue weighted by atomic mass is 35.5. The van der Waals surface area contributed by atoms with Crippen LogP contribution in [0.1, 0.15) is 87.2 Å². The molecule has 66 heavy (non-hydrogen) atoms. The Morgan fingerprint density at radius 3 is 2.38 bits per heavy atom. The van der Waals surface area contributed by atoms with Gasteiger partial charge in [0, 0.05) is 81.7 Å². The van der Waals surface area contributed by atoms with Gasteiger partial charge in [0.05, 0.1) is 29.5 Å². The molecule has 4 aromatic rings. The molecule has 4 fully saturated rings. The van der Waals surface area contributed by atoms with Crippen molar-refractivity contribution in [2.45, 2.75) is 89.5 Å². The number of ether oxygens (including phenoxy) is 1. The molecule has 4 saturated heterocycles. The molecule has 350 valence electrons. The Balaban J connectivity index is 0.784. The number of piperidine rings is 4. The molecule has 1 spiro atoms. The van der Waals surface area contributed by atoms with Crippen LogP contribution < -0.4 is 36.0 Å². The number of likely N-dealkylation sites (tertiary alicyclic amines) is 1. The Morgan fingerprint density at radius 1 is 0.970 bits per heavy atom. The van der Waals surface area contributed by atoms with Gasteiger partial charge in [-0.3, -0.25) is 29.3 Å². The van der Waals surface area contributed by atoms with Crippen molar-refractivity contribution in [1.82, 2.24) is 35.0 Å². The van der Waals surface area contributed by atoms with Crippen LogP contribution in [0.5, 0.6) is 5.75 Å². The lowest BCUT2D eigenvalue weighted by atomic mass is 9.71. The third kappa shape index (κ3) is 8.88. The van der Waals surface area contributed by atoms with E-state index in [-0.39, 0.29) is 84.5 Å². The van der Waals surface area contributed by atoms with Crippen LogP contribution in [0.4, 0.5) is 31.9 Å². The molecule has 0 saturated carbocycles. The van der Waals surface area contributed by atoms with Crippen molar-refractivity contribution in [3.05, 3.63) is 74.9 Å². The number of alkyl halides is 1. The molecule has 3 N–H and O–H groups in total. The number of amides is 4. The van der Waals surface area contributed by atoms with Crippen LogP contribution in [-0.2, 0) is 20.9 Å². The fourth-order valence-electron chi connectivity index (χ4n) is 10.4. The number of fused-ring (bicyclic) bond motifs is 2. The van der Waals surface area contributed by atoms with Gasteiger partial charge in [-0.2, -0.15) is 4.98 Å². The summed E-state index contributed by atoms with van der Waals surface area (Å²) in [5.41, 5.74) is 0.854. The van der Waals surface area contributed by atoms with E-state index >= 15 is 8.78 Å². The van der Waals surface area contributed by atoms with Crippen LogP contribution in [0.15, 0.2) is 47.4 Å². The second-order valence-electron chi connectivity index (χ2n) is 18.7. The smallest absolute Gasteiger partial charge is 0.293 e. The van der Waals surface area contributed by atoms with E-state index in [0.29, 0.717) is 47.8 Å². The molecule has 19 heteroatoms. The number of likely N-dealkylation sites (N-methyl/N-ethyl adjacent to an activating group) is 1. The monoisotopic (exact) mass is 928 g/mol.